The molecule has 1 unspecified atom stereocenters. The van der Waals surface area contributed by atoms with E-state index in [-0.39, 0.29) is 11.1 Å². The number of carbonyl (C=O) groups is 4. The maximum Gasteiger partial charge on any atom is 0.329 e. The summed E-state index contributed by atoms with van der Waals surface area (Å²) in [6, 6.07) is 12.0. The van der Waals surface area contributed by atoms with E-state index in [0.29, 0.717) is 18.0 Å². The number of para-hydroxylation sites is 2. The smallest absolute Gasteiger partial charge is 0.329 e. The zero-order valence-electron chi connectivity index (χ0n) is 16.0. The molecular formula is C21H20N2O6. The number of anilines is 1. The number of hydrogen-bond acceptors (Lipinski definition) is 6. The lowest BCUT2D eigenvalue weighted by atomic mass is 10.1. The van der Waals surface area contributed by atoms with Crippen LogP contribution in [0.4, 0.5) is 5.69 Å². The van der Waals surface area contributed by atoms with Gasteiger partial charge in [-0.15, -0.1) is 0 Å². The van der Waals surface area contributed by atoms with Crippen molar-refractivity contribution in [2.75, 3.05) is 18.5 Å². The summed E-state index contributed by atoms with van der Waals surface area (Å²) in [7, 11) is 0. The van der Waals surface area contributed by atoms with Gasteiger partial charge in [0.25, 0.3) is 17.7 Å². The van der Waals surface area contributed by atoms with Gasteiger partial charge in [0.15, 0.2) is 6.61 Å². The van der Waals surface area contributed by atoms with Crippen molar-refractivity contribution in [1.29, 1.82) is 0 Å². The van der Waals surface area contributed by atoms with E-state index >= 15 is 0 Å². The molecule has 1 aliphatic heterocycles. The van der Waals surface area contributed by atoms with Crippen LogP contribution < -0.4 is 10.1 Å². The third kappa shape index (κ3) is 4.11. The Morgan fingerprint density at radius 2 is 1.59 bits per heavy atom. The number of esters is 1. The first kappa shape index (κ1) is 20.1. The lowest BCUT2D eigenvalue weighted by Crippen LogP contribution is -2.44. The monoisotopic (exact) mass is 396 g/mol. The second-order valence-electron chi connectivity index (χ2n) is 6.29. The summed E-state index contributed by atoms with van der Waals surface area (Å²) >= 11 is 0. The molecule has 1 heterocycles. The summed E-state index contributed by atoms with van der Waals surface area (Å²) in [4.78, 5) is 50.2. The summed E-state index contributed by atoms with van der Waals surface area (Å²) < 4.78 is 10.4. The highest BCUT2D eigenvalue weighted by molar-refractivity contribution is 6.22. The summed E-state index contributed by atoms with van der Waals surface area (Å²) in [5.41, 5.74) is 0.925. The maximum absolute atomic E-state index is 12.4. The van der Waals surface area contributed by atoms with E-state index in [9.17, 15) is 19.2 Å². The molecule has 1 aliphatic rings. The molecule has 0 radical (unpaired) electrons. The predicted molar refractivity (Wildman–Crippen MR) is 104 cm³/mol. The fourth-order valence-corrected chi connectivity index (χ4v) is 2.96. The molecule has 1 atom stereocenters. The number of imide groups is 1. The average Bonchev–Trinajstić information content (AvgIpc) is 2.98. The summed E-state index contributed by atoms with van der Waals surface area (Å²) in [6.45, 7) is 3.07. The molecule has 0 aliphatic carbocycles. The Balaban J connectivity index is 1.59. The molecule has 0 bridgehead atoms. The first-order chi connectivity index (χ1) is 13.9. The van der Waals surface area contributed by atoms with Gasteiger partial charge in [0, 0.05) is 0 Å². The molecule has 0 saturated carbocycles. The summed E-state index contributed by atoms with van der Waals surface area (Å²) in [5.74, 6) is -2.06. The molecule has 0 fully saturated rings. The number of carbonyl (C=O) groups excluding carboxylic acids is 4. The Morgan fingerprint density at radius 3 is 2.21 bits per heavy atom. The summed E-state index contributed by atoms with van der Waals surface area (Å²) in [6.07, 6.45) is 0. The van der Waals surface area contributed by atoms with E-state index in [4.69, 9.17) is 9.47 Å². The fraction of sp³-hybridized carbons (Fsp3) is 0.238. The first-order valence-corrected chi connectivity index (χ1v) is 9.09. The van der Waals surface area contributed by atoms with E-state index in [2.05, 4.69) is 5.32 Å². The van der Waals surface area contributed by atoms with Crippen LogP contribution in [0.5, 0.6) is 5.75 Å². The van der Waals surface area contributed by atoms with E-state index in [0.717, 1.165) is 4.90 Å². The minimum Gasteiger partial charge on any atom is -0.492 e. The second kappa shape index (κ2) is 8.55. The summed E-state index contributed by atoms with van der Waals surface area (Å²) in [5, 5.41) is 2.60. The van der Waals surface area contributed by atoms with Crippen LogP contribution in [0.3, 0.4) is 0 Å². The van der Waals surface area contributed by atoms with Gasteiger partial charge >= 0.3 is 5.97 Å². The molecule has 150 valence electrons. The molecule has 29 heavy (non-hydrogen) atoms. The van der Waals surface area contributed by atoms with Crippen molar-refractivity contribution in [3.05, 3.63) is 59.7 Å². The Bertz CT molecular complexity index is 936. The number of hydrogen-bond donors (Lipinski definition) is 1. The molecule has 8 nitrogen and oxygen atoms in total. The van der Waals surface area contributed by atoms with Crippen LogP contribution in [0.25, 0.3) is 0 Å². The third-order valence-corrected chi connectivity index (χ3v) is 4.36. The van der Waals surface area contributed by atoms with Crippen molar-refractivity contribution in [3.8, 4) is 5.75 Å². The number of benzene rings is 2. The number of rotatable bonds is 7. The Labute approximate surface area is 167 Å². The van der Waals surface area contributed by atoms with Gasteiger partial charge in [0.05, 0.1) is 23.4 Å². The van der Waals surface area contributed by atoms with Crippen LogP contribution in [0.2, 0.25) is 0 Å². The molecule has 3 amide bonds. The highest BCUT2D eigenvalue weighted by Gasteiger charge is 2.41. The normalized spacial score (nSPS) is 13.7. The van der Waals surface area contributed by atoms with Crippen molar-refractivity contribution in [3.63, 3.8) is 0 Å². The largest absolute Gasteiger partial charge is 0.492 e. The third-order valence-electron chi connectivity index (χ3n) is 4.36. The molecule has 0 saturated heterocycles. The topological polar surface area (TPSA) is 102 Å². The minimum absolute atomic E-state index is 0.238. The molecule has 8 heteroatoms. The van der Waals surface area contributed by atoms with E-state index in [1.165, 1.54) is 19.1 Å². The van der Waals surface area contributed by atoms with Crippen LogP contribution in [0.1, 0.15) is 34.6 Å². The zero-order chi connectivity index (χ0) is 21.0. The van der Waals surface area contributed by atoms with Gasteiger partial charge in [0.2, 0.25) is 0 Å². The van der Waals surface area contributed by atoms with Gasteiger partial charge in [-0.25, -0.2) is 4.79 Å². The van der Waals surface area contributed by atoms with E-state index in [1.54, 1.807) is 36.4 Å². The van der Waals surface area contributed by atoms with Gasteiger partial charge in [-0.1, -0.05) is 24.3 Å². The van der Waals surface area contributed by atoms with Crippen LogP contribution >= 0.6 is 0 Å². The van der Waals surface area contributed by atoms with Gasteiger partial charge in [-0.3, -0.25) is 19.3 Å². The number of nitrogens with one attached hydrogen (secondary N) is 1. The van der Waals surface area contributed by atoms with Gasteiger partial charge in [0.1, 0.15) is 11.8 Å². The molecule has 2 aromatic carbocycles. The number of amides is 3. The first-order valence-electron chi connectivity index (χ1n) is 9.09. The Hall–Kier alpha value is -3.68. The van der Waals surface area contributed by atoms with Crippen molar-refractivity contribution in [1.82, 2.24) is 4.90 Å². The van der Waals surface area contributed by atoms with Gasteiger partial charge < -0.3 is 14.8 Å². The standard InChI is InChI=1S/C21H20N2O6/c1-3-28-17-11-7-6-10-16(17)22-18(24)12-29-21(27)13(2)23-19(25)14-8-4-5-9-15(14)20(23)26/h4-11,13H,3,12H2,1-2H3,(H,22,24). The lowest BCUT2D eigenvalue weighted by molar-refractivity contribution is -0.150. The second-order valence-corrected chi connectivity index (χ2v) is 6.29. The van der Waals surface area contributed by atoms with Crippen LogP contribution in [0, 0.1) is 0 Å². The Kier molecular flexibility index (Phi) is 5.92. The number of nitrogens with zero attached hydrogens (tertiary/aromatic N) is 1. The van der Waals surface area contributed by atoms with E-state index in [1.807, 2.05) is 6.92 Å². The zero-order valence-corrected chi connectivity index (χ0v) is 16.0. The molecular weight excluding hydrogens is 376 g/mol. The molecule has 1 N–H and O–H groups in total. The Morgan fingerprint density at radius 1 is 1.00 bits per heavy atom. The SMILES string of the molecule is CCOc1ccccc1NC(=O)COC(=O)C(C)N1C(=O)c2ccccc2C1=O. The molecule has 3 rings (SSSR count). The number of fused-ring (bicyclic) bond motifs is 1. The van der Waals surface area contributed by atoms with Gasteiger partial charge in [-0.2, -0.15) is 0 Å². The quantitative estimate of drug-likeness (QED) is 0.569. The highest BCUT2D eigenvalue weighted by atomic mass is 16.5. The van der Waals surface area contributed by atoms with Crippen LogP contribution in [0.15, 0.2) is 48.5 Å². The van der Waals surface area contributed by atoms with Crippen molar-refractivity contribution in [2.45, 2.75) is 19.9 Å². The maximum atomic E-state index is 12.4. The number of ether oxygens (including phenoxy) is 2. The lowest BCUT2D eigenvalue weighted by Gasteiger charge is -2.20. The highest BCUT2D eigenvalue weighted by Crippen LogP contribution is 2.25. The molecule has 0 spiro atoms. The fourth-order valence-electron chi connectivity index (χ4n) is 2.96. The molecule has 2 aromatic rings. The van der Waals surface area contributed by atoms with Crippen molar-refractivity contribution >= 4 is 29.4 Å². The molecule has 0 aromatic heterocycles. The minimum atomic E-state index is -1.16. The van der Waals surface area contributed by atoms with Crippen molar-refractivity contribution in [2.24, 2.45) is 0 Å². The van der Waals surface area contributed by atoms with Crippen LogP contribution in [-0.4, -0.2) is 47.8 Å². The van der Waals surface area contributed by atoms with E-state index < -0.39 is 36.3 Å². The predicted octanol–water partition coefficient (Wildman–Crippen LogP) is 2.25. The van der Waals surface area contributed by atoms with Gasteiger partial charge in [-0.05, 0) is 38.1 Å². The average molecular weight is 396 g/mol. The van der Waals surface area contributed by atoms with Crippen molar-refractivity contribution < 1.29 is 28.7 Å². The van der Waals surface area contributed by atoms with Crippen LogP contribution in [-0.2, 0) is 14.3 Å².